The molecule has 2 aromatic carbocycles. The summed E-state index contributed by atoms with van der Waals surface area (Å²) in [5, 5.41) is 10.8. The highest BCUT2D eigenvalue weighted by Crippen LogP contribution is 2.24. The zero-order valence-corrected chi connectivity index (χ0v) is 10.3. The quantitative estimate of drug-likeness (QED) is 0.520. The number of nitrogens with zero attached hydrogens (tertiary/aromatic N) is 3. The van der Waals surface area contributed by atoms with Gasteiger partial charge in [0.05, 0.1) is 16.0 Å². The van der Waals surface area contributed by atoms with E-state index in [2.05, 4.69) is 4.98 Å². The molecule has 0 N–H and O–H groups in total. The van der Waals surface area contributed by atoms with E-state index >= 15 is 0 Å². The fraction of sp³-hybridized carbons (Fsp3) is 0.0714. The molecule has 0 radical (unpaired) electrons. The average Bonchev–Trinajstić information content (AvgIpc) is 2.74. The molecule has 0 aliphatic rings. The molecule has 1 heterocycles. The molecule has 0 saturated carbocycles. The summed E-state index contributed by atoms with van der Waals surface area (Å²) in [7, 11) is 0. The summed E-state index contributed by atoms with van der Waals surface area (Å²) in [4.78, 5) is 14.8. The second-order valence-corrected chi connectivity index (χ2v) is 4.26. The Hall–Kier alpha value is -2.69. The number of nitro groups is 1. The molecule has 5 heteroatoms. The van der Waals surface area contributed by atoms with E-state index in [1.165, 1.54) is 12.1 Å². The highest BCUT2D eigenvalue weighted by molar-refractivity contribution is 5.80. The first kappa shape index (κ1) is 11.4. The Morgan fingerprint density at radius 1 is 1.16 bits per heavy atom. The van der Waals surface area contributed by atoms with Crippen LogP contribution in [0.15, 0.2) is 48.5 Å². The average molecular weight is 253 g/mol. The van der Waals surface area contributed by atoms with E-state index < -0.39 is 4.92 Å². The molecule has 0 atom stereocenters. The van der Waals surface area contributed by atoms with Crippen molar-refractivity contribution >= 4 is 16.7 Å². The van der Waals surface area contributed by atoms with Crippen LogP contribution in [0.2, 0.25) is 0 Å². The molecule has 0 fully saturated rings. The first-order valence-electron chi connectivity index (χ1n) is 5.86. The van der Waals surface area contributed by atoms with Gasteiger partial charge in [-0.05, 0) is 25.1 Å². The van der Waals surface area contributed by atoms with Crippen molar-refractivity contribution in [2.24, 2.45) is 0 Å². The van der Waals surface area contributed by atoms with Crippen molar-refractivity contribution in [2.75, 3.05) is 0 Å². The van der Waals surface area contributed by atoms with Crippen LogP contribution in [-0.2, 0) is 0 Å². The number of benzene rings is 2. The van der Waals surface area contributed by atoms with Crippen LogP contribution in [0.5, 0.6) is 0 Å². The van der Waals surface area contributed by atoms with E-state index in [1.807, 2.05) is 41.8 Å². The fourth-order valence-electron chi connectivity index (χ4n) is 2.21. The number of aromatic nitrogens is 2. The number of rotatable bonds is 2. The molecule has 3 rings (SSSR count). The van der Waals surface area contributed by atoms with E-state index in [-0.39, 0.29) is 5.69 Å². The van der Waals surface area contributed by atoms with Crippen molar-refractivity contribution in [2.45, 2.75) is 6.92 Å². The predicted molar refractivity (Wildman–Crippen MR) is 72.5 cm³/mol. The second-order valence-electron chi connectivity index (χ2n) is 4.26. The predicted octanol–water partition coefficient (Wildman–Crippen LogP) is 3.24. The lowest BCUT2D eigenvalue weighted by Gasteiger charge is -2.05. The zero-order valence-electron chi connectivity index (χ0n) is 10.3. The van der Waals surface area contributed by atoms with Crippen LogP contribution in [0.1, 0.15) is 5.82 Å². The molecule has 0 saturated heterocycles. The Labute approximate surface area is 109 Å². The fourth-order valence-corrected chi connectivity index (χ4v) is 2.21. The van der Waals surface area contributed by atoms with Gasteiger partial charge in [-0.25, -0.2) is 4.98 Å². The minimum Gasteiger partial charge on any atom is -0.297 e. The van der Waals surface area contributed by atoms with Crippen LogP contribution in [0.4, 0.5) is 5.69 Å². The van der Waals surface area contributed by atoms with Gasteiger partial charge in [0.15, 0.2) is 0 Å². The normalized spacial score (nSPS) is 10.8. The van der Waals surface area contributed by atoms with Gasteiger partial charge in [0.25, 0.3) is 5.69 Å². The van der Waals surface area contributed by atoms with Gasteiger partial charge >= 0.3 is 0 Å². The number of para-hydroxylation sites is 1. The maximum atomic E-state index is 10.8. The molecular weight excluding hydrogens is 242 g/mol. The van der Waals surface area contributed by atoms with Crippen LogP contribution in [0, 0.1) is 17.0 Å². The highest BCUT2D eigenvalue weighted by atomic mass is 16.6. The summed E-state index contributed by atoms with van der Waals surface area (Å²) in [5.41, 5.74) is 2.56. The van der Waals surface area contributed by atoms with Crippen molar-refractivity contribution in [1.82, 2.24) is 9.55 Å². The van der Waals surface area contributed by atoms with Crippen LogP contribution in [0.25, 0.3) is 16.7 Å². The maximum absolute atomic E-state index is 10.8. The SMILES string of the molecule is Cc1nc2cc([N+](=O)[O-])ccc2n1-c1ccccc1. The lowest BCUT2D eigenvalue weighted by atomic mass is 10.2. The molecule has 5 nitrogen and oxygen atoms in total. The van der Waals surface area contributed by atoms with Crippen molar-refractivity contribution < 1.29 is 4.92 Å². The molecule has 0 amide bonds. The van der Waals surface area contributed by atoms with Gasteiger partial charge in [-0.3, -0.25) is 14.7 Å². The van der Waals surface area contributed by atoms with E-state index in [0.717, 1.165) is 17.0 Å². The molecule has 0 spiro atoms. The Kier molecular flexibility index (Phi) is 2.52. The second kappa shape index (κ2) is 4.20. The van der Waals surface area contributed by atoms with Crippen molar-refractivity contribution in [1.29, 1.82) is 0 Å². The maximum Gasteiger partial charge on any atom is 0.271 e. The molecule has 19 heavy (non-hydrogen) atoms. The number of fused-ring (bicyclic) bond motifs is 1. The summed E-state index contributed by atoms with van der Waals surface area (Å²) >= 11 is 0. The van der Waals surface area contributed by atoms with E-state index in [0.29, 0.717) is 5.52 Å². The van der Waals surface area contributed by atoms with Crippen molar-refractivity contribution in [3.05, 3.63) is 64.5 Å². The third kappa shape index (κ3) is 1.85. The number of hydrogen-bond donors (Lipinski definition) is 0. The number of nitro benzene ring substituents is 1. The molecule has 3 aromatic rings. The highest BCUT2D eigenvalue weighted by Gasteiger charge is 2.13. The summed E-state index contributed by atoms with van der Waals surface area (Å²) in [6.45, 7) is 1.89. The lowest BCUT2D eigenvalue weighted by molar-refractivity contribution is -0.384. The van der Waals surface area contributed by atoms with Gasteiger partial charge in [-0.1, -0.05) is 18.2 Å². The summed E-state index contributed by atoms with van der Waals surface area (Å²) in [5.74, 6) is 0.807. The Morgan fingerprint density at radius 3 is 2.58 bits per heavy atom. The summed E-state index contributed by atoms with van der Waals surface area (Å²) < 4.78 is 1.99. The lowest BCUT2D eigenvalue weighted by Crippen LogP contribution is -1.96. The zero-order chi connectivity index (χ0) is 13.4. The van der Waals surface area contributed by atoms with Crippen LogP contribution >= 0.6 is 0 Å². The number of hydrogen-bond acceptors (Lipinski definition) is 3. The Morgan fingerprint density at radius 2 is 1.89 bits per heavy atom. The third-order valence-electron chi connectivity index (χ3n) is 3.03. The van der Waals surface area contributed by atoms with Gasteiger partial charge in [0, 0.05) is 17.8 Å². The van der Waals surface area contributed by atoms with Crippen LogP contribution in [0.3, 0.4) is 0 Å². The smallest absolute Gasteiger partial charge is 0.271 e. The van der Waals surface area contributed by atoms with Crippen molar-refractivity contribution in [3.63, 3.8) is 0 Å². The summed E-state index contributed by atoms with van der Waals surface area (Å²) in [6.07, 6.45) is 0. The van der Waals surface area contributed by atoms with Crippen LogP contribution in [-0.4, -0.2) is 14.5 Å². The monoisotopic (exact) mass is 253 g/mol. The van der Waals surface area contributed by atoms with Gasteiger partial charge in [0.2, 0.25) is 0 Å². The Balaban J connectivity index is 2.27. The molecule has 0 unspecified atom stereocenters. The largest absolute Gasteiger partial charge is 0.297 e. The Bertz CT molecular complexity index is 763. The number of imidazole rings is 1. The standard InChI is InChI=1S/C14H11N3O2/c1-10-15-13-9-12(17(18)19)7-8-14(13)16(10)11-5-3-2-4-6-11/h2-9H,1H3. The third-order valence-corrected chi connectivity index (χ3v) is 3.03. The minimum absolute atomic E-state index is 0.0604. The number of non-ortho nitro benzene ring substituents is 1. The minimum atomic E-state index is -0.406. The molecular formula is C14H11N3O2. The van der Waals surface area contributed by atoms with Gasteiger partial charge in [-0.15, -0.1) is 0 Å². The van der Waals surface area contributed by atoms with E-state index in [9.17, 15) is 10.1 Å². The molecule has 1 aromatic heterocycles. The van der Waals surface area contributed by atoms with Gasteiger partial charge in [0.1, 0.15) is 5.82 Å². The van der Waals surface area contributed by atoms with E-state index in [4.69, 9.17) is 0 Å². The van der Waals surface area contributed by atoms with E-state index in [1.54, 1.807) is 6.07 Å². The molecule has 94 valence electrons. The van der Waals surface area contributed by atoms with Crippen molar-refractivity contribution in [3.8, 4) is 5.69 Å². The summed E-state index contributed by atoms with van der Waals surface area (Å²) in [6, 6.07) is 14.6. The first-order chi connectivity index (χ1) is 9.16. The van der Waals surface area contributed by atoms with Crippen LogP contribution < -0.4 is 0 Å². The van der Waals surface area contributed by atoms with Gasteiger partial charge < -0.3 is 0 Å². The topological polar surface area (TPSA) is 61.0 Å². The first-order valence-corrected chi connectivity index (χ1v) is 5.86. The van der Waals surface area contributed by atoms with Gasteiger partial charge in [-0.2, -0.15) is 0 Å². The molecule has 0 aliphatic heterocycles. The number of aryl methyl sites for hydroxylation is 1. The molecule has 0 aliphatic carbocycles. The molecule has 0 bridgehead atoms.